The quantitative estimate of drug-likeness (QED) is 0.772. The highest BCUT2D eigenvalue weighted by Gasteiger charge is 2.27. The van der Waals surface area contributed by atoms with Crippen LogP contribution in [-0.4, -0.2) is 76.5 Å². The summed E-state index contributed by atoms with van der Waals surface area (Å²) in [5.41, 5.74) is 2.69. The molecule has 162 valence electrons. The zero-order valence-corrected chi connectivity index (χ0v) is 18.8. The third-order valence-corrected chi connectivity index (χ3v) is 6.10. The molecule has 2 aliphatic heterocycles. The molecule has 0 aromatic carbocycles. The zero-order chi connectivity index (χ0) is 21.3. The third-order valence-electron chi connectivity index (χ3n) is 6.10. The van der Waals surface area contributed by atoms with E-state index >= 15 is 0 Å². The van der Waals surface area contributed by atoms with Crippen molar-refractivity contribution in [3.05, 3.63) is 23.1 Å². The molecule has 0 radical (unpaired) electrons. The van der Waals surface area contributed by atoms with E-state index in [1.54, 1.807) is 0 Å². The summed E-state index contributed by atoms with van der Waals surface area (Å²) in [5, 5.41) is 0.987. The molecular weight excluding hydrogens is 376 g/mol. The van der Waals surface area contributed by atoms with Gasteiger partial charge in [0.05, 0.1) is 5.39 Å². The second kappa shape index (κ2) is 8.84. The molecule has 0 N–H and O–H groups in total. The van der Waals surface area contributed by atoms with Crippen molar-refractivity contribution in [3.8, 4) is 0 Å². The minimum absolute atomic E-state index is 0.0692. The maximum Gasteiger partial charge on any atom is 0.291 e. The van der Waals surface area contributed by atoms with E-state index < -0.39 is 0 Å². The van der Waals surface area contributed by atoms with Gasteiger partial charge in [-0.1, -0.05) is 13.8 Å². The average molecular weight is 411 g/mol. The number of pyridine rings is 1. The van der Waals surface area contributed by atoms with Gasteiger partial charge in [-0.25, -0.2) is 15.0 Å². The molecule has 0 unspecified atom stereocenters. The van der Waals surface area contributed by atoms with Crippen LogP contribution in [0.3, 0.4) is 0 Å². The van der Waals surface area contributed by atoms with Crippen LogP contribution in [0.1, 0.15) is 55.0 Å². The van der Waals surface area contributed by atoms with E-state index in [1.165, 1.54) is 6.42 Å². The van der Waals surface area contributed by atoms with Crippen molar-refractivity contribution in [1.82, 2.24) is 24.8 Å². The first kappa shape index (κ1) is 21.0. The van der Waals surface area contributed by atoms with E-state index in [1.807, 2.05) is 11.8 Å². The van der Waals surface area contributed by atoms with E-state index in [9.17, 15) is 4.79 Å². The van der Waals surface area contributed by atoms with Gasteiger partial charge in [0.1, 0.15) is 5.82 Å². The number of hydrogen-bond donors (Lipinski definition) is 0. The zero-order valence-electron chi connectivity index (χ0n) is 18.8. The van der Waals surface area contributed by atoms with Gasteiger partial charge in [0.25, 0.3) is 5.91 Å². The Labute approximate surface area is 179 Å². The molecule has 0 atom stereocenters. The molecule has 2 aliphatic rings. The fourth-order valence-corrected chi connectivity index (χ4v) is 4.68. The first-order valence-corrected chi connectivity index (χ1v) is 11.3. The highest BCUT2D eigenvalue weighted by Crippen LogP contribution is 2.29. The number of piperazine rings is 1. The number of carbonyl (C=O) groups excluding carboxylic acids is 1. The summed E-state index contributed by atoms with van der Waals surface area (Å²) in [4.78, 5) is 34.1. The van der Waals surface area contributed by atoms with Crippen molar-refractivity contribution in [2.24, 2.45) is 5.92 Å². The van der Waals surface area contributed by atoms with Crippen LogP contribution >= 0.6 is 0 Å². The van der Waals surface area contributed by atoms with Gasteiger partial charge in [-0.2, -0.15) is 0 Å². The fraction of sp³-hybridized carbons (Fsp3) is 0.652. The normalized spacial score (nSPS) is 18.4. The van der Waals surface area contributed by atoms with E-state index in [2.05, 4.69) is 46.6 Å². The SMILES string of the molecule is Cc1cc(C)c2c(N3CCCCC3)nc(C(=O)N3CCN(CC(C)C)CC3)nc2n1. The minimum Gasteiger partial charge on any atom is -0.356 e. The molecule has 30 heavy (non-hydrogen) atoms. The van der Waals surface area contributed by atoms with Crippen LogP contribution in [0, 0.1) is 19.8 Å². The summed E-state index contributed by atoms with van der Waals surface area (Å²) < 4.78 is 0. The Morgan fingerprint density at radius 3 is 2.33 bits per heavy atom. The van der Waals surface area contributed by atoms with Gasteiger partial charge in [-0.3, -0.25) is 9.69 Å². The topological polar surface area (TPSA) is 65.5 Å². The van der Waals surface area contributed by atoms with Crippen LogP contribution in [-0.2, 0) is 0 Å². The van der Waals surface area contributed by atoms with Gasteiger partial charge in [-0.05, 0) is 50.7 Å². The molecular formula is C23H34N6O. The Morgan fingerprint density at radius 1 is 0.967 bits per heavy atom. The van der Waals surface area contributed by atoms with Crippen LogP contribution in [0.4, 0.5) is 5.82 Å². The second-order valence-electron chi connectivity index (χ2n) is 9.18. The van der Waals surface area contributed by atoms with Crippen molar-refractivity contribution in [2.45, 2.75) is 47.0 Å². The molecule has 0 bridgehead atoms. The number of piperidine rings is 1. The highest BCUT2D eigenvalue weighted by molar-refractivity contribution is 5.97. The van der Waals surface area contributed by atoms with Crippen molar-refractivity contribution >= 4 is 22.8 Å². The maximum absolute atomic E-state index is 13.3. The third kappa shape index (κ3) is 4.41. The Kier molecular flexibility index (Phi) is 6.18. The maximum atomic E-state index is 13.3. The van der Waals surface area contributed by atoms with Crippen molar-refractivity contribution in [2.75, 3.05) is 50.7 Å². The molecule has 7 nitrogen and oxygen atoms in total. The highest BCUT2D eigenvalue weighted by atomic mass is 16.2. The van der Waals surface area contributed by atoms with Crippen molar-refractivity contribution in [3.63, 3.8) is 0 Å². The summed E-state index contributed by atoms with van der Waals surface area (Å²) >= 11 is 0. The Hall–Kier alpha value is -2.28. The molecule has 0 spiro atoms. The van der Waals surface area contributed by atoms with Crippen LogP contribution in [0.2, 0.25) is 0 Å². The molecule has 2 aromatic rings. The summed E-state index contributed by atoms with van der Waals surface area (Å²) in [6.07, 6.45) is 3.57. The summed E-state index contributed by atoms with van der Waals surface area (Å²) in [5.74, 6) is 1.74. The lowest BCUT2D eigenvalue weighted by molar-refractivity contribution is 0.0612. The Balaban J connectivity index is 1.65. The van der Waals surface area contributed by atoms with E-state index in [0.717, 1.165) is 81.1 Å². The molecule has 2 saturated heterocycles. The van der Waals surface area contributed by atoms with Gasteiger partial charge in [0, 0.05) is 51.5 Å². The predicted octanol–water partition coefficient (Wildman–Crippen LogP) is 3.05. The molecule has 4 heterocycles. The summed E-state index contributed by atoms with van der Waals surface area (Å²) in [6.45, 7) is 14.8. The van der Waals surface area contributed by atoms with Gasteiger partial charge in [0.2, 0.25) is 5.82 Å². The van der Waals surface area contributed by atoms with Gasteiger partial charge >= 0.3 is 0 Å². The van der Waals surface area contributed by atoms with Crippen LogP contribution in [0.25, 0.3) is 11.0 Å². The lowest BCUT2D eigenvalue weighted by Gasteiger charge is -2.35. The first-order valence-electron chi connectivity index (χ1n) is 11.3. The summed E-state index contributed by atoms with van der Waals surface area (Å²) in [6, 6.07) is 2.08. The lowest BCUT2D eigenvalue weighted by Crippen LogP contribution is -2.49. The number of nitrogens with zero attached hydrogens (tertiary/aromatic N) is 6. The number of carbonyl (C=O) groups is 1. The van der Waals surface area contributed by atoms with Gasteiger partial charge in [-0.15, -0.1) is 0 Å². The first-order chi connectivity index (χ1) is 14.4. The largest absolute Gasteiger partial charge is 0.356 e. The monoisotopic (exact) mass is 410 g/mol. The molecule has 2 aromatic heterocycles. The number of fused-ring (bicyclic) bond motifs is 1. The lowest BCUT2D eigenvalue weighted by atomic mass is 10.1. The Bertz CT molecular complexity index is 914. The Morgan fingerprint density at radius 2 is 1.67 bits per heavy atom. The van der Waals surface area contributed by atoms with Crippen LogP contribution < -0.4 is 4.90 Å². The van der Waals surface area contributed by atoms with Gasteiger partial charge in [0.15, 0.2) is 5.65 Å². The molecule has 1 amide bonds. The predicted molar refractivity (Wildman–Crippen MR) is 120 cm³/mol. The summed E-state index contributed by atoms with van der Waals surface area (Å²) in [7, 11) is 0. The van der Waals surface area contributed by atoms with Crippen LogP contribution in [0.15, 0.2) is 6.07 Å². The van der Waals surface area contributed by atoms with Gasteiger partial charge < -0.3 is 9.80 Å². The van der Waals surface area contributed by atoms with E-state index in [-0.39, 0.29) is 11.7 Å². The molecule has 4 rings (SSSR count). The smallest absolute Gasteiger partial charge is 0.291 e. The average Bonchev–Trinajstić information content (AvgIpc) is 2.73. The number of amides is 1. The van der Waals surface area contributed by atoms with E-state index in [4.69, 9.17) is 4.98 Å². The number of rotatable bonds is 4. The van der Waals surface area contributed by atoms with Crippen molar-refractivity contribution < 1.29 is 4.79 Å². The molecule has 0 aliphatic carbocycles. The number of hydrogen-bond acceptors (Lipinski definition) is 6. The van der Waals surface area contributed by atoms with Crippen LogP contribution in [0.5, 0.6) is 0 Å². The molecule has 0 saturated carbocycles. The fourth-order valence-electron chi connectivity index (χ4n) is 4.68. The molecule has 2 fully saturated rings. The number of aryl methyl sites for hydroxylation is 2. The standard InChI is InChI=1S/C23H34N6O/c1-16(2)15-27-10-12-29(13-11-27)23(30)21-25-20-19(17(3)14-18(4)24-20)22(26-21)28-8-6-5-7-9-28/h14,16H,5-13,15H2,1-4H3. The number of anilines is 1. The second-order valence-corrected chi connectivity index (χ2v) is 9.18. The number of aromatic nitrogens is 3. The van der Waals surface area contributed by atoms with E-state index in [0.29, 0.717) is 11.6 Å². The van der Waals surface area contributed by atoms with Crippen molar-refractivity contribution in [1.29, 1.82) is 0 Å². The molecule has 7 heteroatoms. The minimum atomic E-state index is -0.0692.